The van der Waals surface area contributed by atoms with Gasteiger partial charge in [-0.25, -0.2) is 14.2 Å². The lowest BCUT2D eigenvalue weighted by atomic mass is 9.98. The molecule has 0 saturated carbocycles. The van der Waals surface area contributed by atoms with Gasteiger partial charge >= 0.3 is 6.03 Å². The number of anilines is 4. The fourth-order valence-corrected chi connectivity index (χ4v) is 4.57. The summed E-state index contributed by atoms with van der Waals surface area (Å²) in [7, 11) is 0. The quantitative estimate of drug-likeness (QED) is 0.618. The first-order valence-corrected chi connectivity index (χ1v) is 11.1. The number of halogens is 1. The molecule has 3 aliphatic heterocycles. The van der Waals surface area contributed by atoms with E-state index in [2.05, 4.69) is 20.6 Å². The van der Waals surface area contributed by atoms with Crippen LogP contribution >= 0.6 is 0 Å². The van der Waals surface area contributed by atoms with Crippen LogP contribution < -0.4 is 25.2 Å². The van der Waals surface area contributed by atoms with Crippen LogP contribution in [-0.2, 0) is 11.4 Å². The molecule has 34 heavy (non-hydrogen) atoms. The van der Waals surface area contributed by atoms with Gasteiger partial charge < -0.3 is 20.3 Å². The lowest BCUT2D eigenvalue weighted by Gasteiger charge is -2.24. The van der Waals surface area contributed by atoms with Crippen molar-refractivity contribution < 1.29 is 18.7 Å². The van der Waals surface area contributed by atoms with Crippen LogP contribution in [0.3, 0.4) is 0 Å². The van der Waals surface area contributed by atoms with E-state index in [0.29, 0.717) is 61.2 Å². The van der Waals surface area contributed by atoms with Gasteiger partial charge in [0, 0.05) is 55.0 Å². The van der Waals surface area contributed by atoms with Crippen molar-refractivity contribution in [3.05, 3.63) is 54.2 Å². The van der Waals surface area contributed by atoms with E-state index in [1.807, 2.05) is 12.1 Å². The Balaban J connectivity index is 1.27. The topological polar surface area (TPSA) is 99.7 Å². The molecule has 0 aliphatic carbocycles. The summed E-state index contributed by atoms with van der Waals surface area (Å²) in [6.45, 7) is 1.99. The van der Waals surface area contributed by atoms with Crippen LogP contribution in [0.25, 0.3) is 11.1 Å². The number of fused-ring (bicyclic) bond motifs is 3. The van der Waals surface area contributed by atoms with Gasteiger partial charge in [-0.15, -0.1) is 0 Å². The smallest absolute Gasteiger partial charge is 0.322 e. The van der Waals surface area contributed by atoms with Crippen LogP contribution in [0.2, 0.25) is 0 Å². The van der Waals surface area contributed by atoms with Gasteiger partial charge in [0.1, 0.15) is 24.0 Å². The Hall–Kier alpha value is -4.21. The van der Waals surface area contributed by atoms with Crippen LogP contribution in [0, 0.1) is 5.82 Å². The zero-order valence-electron chi connectivity index (χ0n) is 18.2. The Morgan fingerprint density at radius 1 is 1.03 bits per heavy atom. The number of hydrogen-bond donors (Lipinski definition) is 2. The third-order valence-electron chi connectivity index (χ3n) is 6.24. The van der Waals surface area contributed by atoms with Crippen LogP contribution in [0.4, 0.5) is 32.1 Å². The SMILES string of the molecule is O=C1NCCN1c1cncc(Nc2cc3c(cn2)-c2cc(F)c(N4CCCC4=O)cc2OC3)c1. The minimum absolute atomic E-state index is 0.0728. The van der Waals surface area contributed by atoms with Crippen LogP contribution in [0.15, 0.2) is 42.9 Å². The Morgan fingerprint density at radius 2 is 1.94 bits per heavy atom. The predicted octanol–water partition coefficient (Wildman–Crippen LogP) is 3.58. The number of rotatable bonds is 4. The summed E-state index contributed by atoms with van der Waals surface area (Å²) in [6, 6.07) is 6.56. The molecular formula is C24H21FN6O3. The first kappa shape index (κ1) is 20.4. The Labute approximate surface area is 194 Å². The van der Waals surface area contributed by atoms with E-state index in [1.165, 1.54) is 11.0 Å². The molecule has 10 heteroatoms. The van der Waals surface area contributed by atoms with E-state index in [9.17, 15) is 14.0 Å². The number of nitrogens with zero attached hydrogens (tertiary/aromatic N) is 4. The molecule has 2 fully saturated rings. The van der Waals surface area contributed by atoms with Crippen LogP contribution in [0.5, 0.6) is 5.75 Å². The highest BCUT2D eigenvalue weighted by molar-refractivity contribution is 5.96. The van der Waals surface area contributed by atoms with Gasteiger partial charge in [0.25, 0.3) is 0 Å². The molecule has 1 aromatic carbocycles. The Kier molecular flexibility index (Phi) is 4.79. The van der Waals surface area contributed by atoms with Crippen molar-refractivity contribution >= 4 is 34.8 Å². The number of benzene rings is 1. The van der Waals surface area contributed by atoms with Gasteiger partial charge in [-0.2, -0.15) is 0 Å². The van der Waals surface area contributed by atoms with Gasteiger partial charge in [-0.1, -0.05) is 0 Å². The van der Waals surface area contributed by atoms with Gasteiger partial charge in [0.05, 0.1) is 29.5 Å². The highest BCUT2D eigenvalue weighted by Gasteiger charge is 2.28. The van der Waals surface area contributed by atoms with Crippen LogP contribution in [-0.4, -0.2) is 41.5 Å². The molecular weight excluding hydrogens is 439 g/mol. The molecule has 2 N–H and O–H groups in total. The molecule has 2 aromatic heterocycles. The van der Waals surface area contributed by atoms with Crippen LogP contribution in [0.1, 0.15) is 18.4 Å². The molecule has 172 valence electrons. The number of hydrogen-bond acceptors (Lipinski definition) is 6. The summed E-state index contributed by atoms with van der Waals surface area (Å²) < 4.78 is 20.9. The average molecular weight is 460 g/mol. The lowest BCUT2D eigenvalue weighted by Crippen LogP contribution is -2.27. The van der Waals surface area contributed by atoms with Crippen molar-refractivity contribution in [2.45, 2.75) is 19.4 Å². The van der Waals surface area contributed by atoms with Gasteiger partial charge in [0.15, 0.2) is 0 Å². The summed E-state index contributed by atoms with van der Waals surface area (Å²) in [5.74, 6) is 0.583. The number of carbonyl (C=O) groups excluding carboxylic acids is 2. The number of urea groups is 1. The van der Waals surface area contributed by atoms with Crippen molar-refractivity contribution in [1.29, 1.82) is 0 Å². The molecule has 0 unspecified atom stereocenters. The van der Waals surface area contributed by atoms with Crippen molar-refractivity contribution in [2.24, 2.45) is 0 Å². The molecule has 0 bridgehead atoms. The first-order valence-electron chi connectivity index (χ1n) is 11.1. The van der Waals surface area contributed by atoms with Gasteiger partial charge in [0.2, 0.25) is 5.91 Å². The molecule has 6 rings (SSSR count). The van der Waals surface area contributed by atoms with E-state index in [4.69, 9.17) is 4.74 Å². The van der Waals surface area contributed by atoms with Crippen molar-refractivity contribution in [3.8, 4) is 16.9 Å². The fourth-order valence-electron chi connectivity index (χ4n) is 4.57. The zero-order chi connectivity index (χ0) is 23.2. The molecule has 2 saturated heterocycles. The van der Waals surface area contributed by atoms with E-state index >= 15 is 0 Å². The van der Waals surface area contributed by atoms with Crippen molar-refractivity contribution in [2.75, 3.05) is 34.8 Å². The largest absolute Gasteiger partial charge is 0.488 e. The Morgan fingerprint density at radius 3 is 2.74 bits per heavy atom. The highest BCUT2D eigenvalue weighted by atomic mass is 19.1. The molecule has 3 amide bonds. The summed E-state index contributed by atoms with van der Waals surface area (Å²) >= 11 is 0. The van der Waals surface area contributed by atoms with E-state index in [1.54, 1.807) is 29.6 Å². The number of aromatic nitrogens is 2. The molecule has 9 nitrogen and oxygen atoms in total. The normalized spacial score (nSPS) is 16.7. The number of ether oxygens (including phenoxy) is 1. The van der Waals surface area contributed by atoms with E-state index in [-0.39, 0.29) is 17.6 Å². The summed E-state index contributed by atoms with van der Waals surface area (Å²) in [5.41, 5.74) is 3.89. The summed E-state index contributed by atoms with van der Waals surface area (Å²) in [4.78, 5) is 35.8. The second kappa shape index (κ2) is 7.98. The highest BCUT2D eigenvalue weighted by Crippen LogP contribution is 2.42. The monoisotopic (exact) mass is 460 g/mol. The average Bonchev–Trinajstić information content (AvgIpc) is 3.46. The minimum atomic E-state index is -0.457. The van der Waals surface area contributed by atoms with E-state index in [0.717, 1.165) is 17.5 Å². The number of amides is 3. The maximum Gasteiger partial charge on any atom is 0.322 e. The summed E-state index contributed by atoms with van der Waals surface area (Å²) in [5, 5.41) is 5.98. The standard InChI is InChI=1S/C24H21FN6O3/c25-19-8-17-18-12-28-22(29-15-7-16(11-26-10-15)30-5-3-27-24(30)33)6-14(18)13-34-21(17)9-20(19)31-4-1-2-23(31)32/h6-12H,1-5,13H2,(H,27,33)(H,28,29). The maximum absolute atomic E-state index is 14.9. The number of carbonyl (C=O) groups is 2. The first-order chi connectivity index (χ1) is 16.6. The van der Waals surface area contributed by atoms with Crippen molar-refractivity contribution in [3.63, 3.8) is 0 Å². The van der Waals surface area contributed by atoms with Gasteiger partial charge in [-0.05, 0) is 24.6 Å². The molecule has 3 aromatic rings. The number of nitrogens with one attached hydrogen (secondary N) is 2. The minimum Gasteiger partial charge on any atom is -0.488 e. The Bertz CT molecular complexity index is 1330. The van der Waals surface area contributed by atoms with E-state index < -0.39 is 5.82 Å². The van der Waals surface area contributed by atoms with Gasteiger partial charge in [-0.3, -0.25) is 14.7 Å². The predicted molar refractivity (Wildman–Crippen MR) is 124 cm³/mol. The third kappa shape index (κ3) is 3.47. The second-order valence-electron chi connectivity index (χ2n) is 8.40. The second-order valence-corrected chi connectivity index (χ2v) is 8.40. The molecule has 0 radical (unpaired) electrons. The molecule has 0 atom stereocenters. The molecule has 3 aliphatic rings. The lowest BCUT2D eigenvalue weighted by molar-refractivity contribution is -0.117. The molecule has 5 heterocycles. The fraction of sp³-hybridized carbons (Fsp3) is 0.250. The third-order valence-corrected chi connectivity index (χ3v) is 6.24. The van der Waals surface area contributed by atoms with Crippen molar-refractivity contribution in [1.82, 2.24) is 15.3 Å². The maximum atomic E-state index is 14.9. The summed E-state index contributed by atoms with van der Waals surface area (Å²) in [6.07, 6.45) is 6.14. The molecule has 0 spiro atoms. The zero-order valence-corrected chi connectivity index (χ0v) is 18.2. The number of pyridine rings is 2.